The number of nitrogens with two attached hydrogens (primary N) is 1. The van der Waals surface area contributed by atoms with Crippen LogP contribution in [0.2, 0.25) is 5.02 Å². The van der Waals surface area contributed by atoms with E-state index >= 15 is 0 Å². The molecule has 0 aliphatic rings. The molecule has 0 radical (unpaired) electrons. The molecule has 0 unspecified atom stereocenters. The highest BCUT2D eigenvalue weighted by Gasteiger charge is 2.19. The van der Waals surface area contributed by atoms with Gasteiger partial charge in [0.2, 0.25) is 0 Å². The summed E-state index contributed by atoms with van der Waals surface area (Å²) in [7, 11) is 1.70. The number of nitrogens with zero attached hydrogens (tertiary/aromatic N) is 4. The van der Waals surface area contributed by atoms with E-state index in [1.165, 1.54) is 17.1 Å². The van der Waals surface area contributed by atoms with Crippen molar-refractivity contribution in [3.63, 3.8) is 0 Å². The zero-order valence-corrected chi connectivity index (χ0v) is 11.7. The van der Waals surface area contributed by atoms with Crippen LogP contribution in [0.1, 0.15) is 16.2 Å². The molecule has 0 aliphatic carbocycles. The van der Waals surface area contributed by atoms with Gasteiger partial charge in [0.05, 0.1) is 16.5 Å². The molecule has 2 rings (SSSR count). The van der Waals surface area contributed by atoms with Gasteiger partial charge in [-0.05, 0) is 6.07 Å². The number of rotatable bonds is 4. The zero-order chi connectivity index (χ0) is 15.6. The van der Waals surface area contributed by atoms with Crippen molar-refractivity contribution in [1.82, 2.24) is 20.1 Å². The van der Waals surface area contributed by atoms with Crippen LogP contribution in [-0.4, -0.2) is 25.6 Å². The summed E-state index contributed by atoms with van der Waals surface area (Å²) in [5.74, 6) is -0.116. The van der Waals surface area contributed by atoms with Crippen LogP contribution in [0.25, 0.3) is 0 Å². The van der Waals surface area contributed by atoms with E-state index in [4.69, 9.17) is 17.3 Å². The molecule has 0 saturated carbocycles. The number of benzene rings is 1. The van der Waals surface area contributed by atoms with Crippen LogP contribution >= 0.6 is 11.6 Å². The van der Waals surface area contributed by atoms with Crippen LogP contribution in [-0.2, 0) is 13.6 Å². The molecule has 3 N–H and O–H groups in total. The van der Waals surface area contributed by atoms with E-state index in [1.807, 2.05) is 0 Å². The molecule has 1 aromatic heterocycles. The molecule has 110 valence electrons. The van der Waals surface area contributed by atoms with E-state index in [9.17, 15) is 14.9 Å². The van der Waals surface area contributed by atoms with Gasteiger partial charge in [-0.2, -0.15) is 5.10 Å². The summed E-state index contributed by atoms with van der Waals surface area (Å²) in [6.07, 6.45) is 1.49. The maximum absolute atomic E-state index is 12.0. The van der Waals surface area contributed by atoms with Crippen molar-refractivity contribution < 1.29 is 9.72 Å². The van der Waals surface area contributed by atoms with E-state index in [0.717, 1.165) is 6.07 Å². The van der Waals surface area contributed by atoms with E-state index < -0.39 is 16.5 Å². The molecule has 21 heavy (non-hydrogen) atoms. The van der Waals surface area contributed by atoms with Crippen molar-refractivity contribution >= 4 is 28.9 Å². The SMILES string of the molecule is Cn1cnc(CNC(=O)c2cc(Cl)c(N)c([N+](=O)[O-])c2)n1. The Morgan fingerprint density at radius 1 is 1.57 bits per heavy atom. The van der Waals surface area contributed by atoms with Gasteiger partial charge < -0.3 is 11.1 Å². The summed E-state index contributed by atoms with van der Waals surface area (Å²) in [5.41, 5.74) is 4.94. The van der Waals surface area contributed by atoms with Crippen LogP contribution < -0.4 is 11.1 Å². The lowest BCUT2D eigenvalue weighted by atomic mass is 10.1. The van der Waals surface area contributed by atoms with Crippen LogP contribution in [0.15, 0.2) is 18.5 Å². The number of nitrogens with one attached hydrogen (secondary N) is 1. The van der Waals surface area contributed by atoms with Crippen LogP contribution in [0, 0.1) is 10.1 Å². The van der Waals surface area contributed by atoms with Crippen LogP contribution in [0.4, 0.5) is 11.4 Å². The van der Waals surface area contributed by atoms with Crippen molar-refractivity contribution in [3.05, 3.63) is 45.0 Å². The highest BCUT2D eigenvalue weighted by Crippen LogP contribution is 2.30. The summed E-state index contributed by atoms with van der Waals surface area (Å²) < 4.78 is 1.49. The lowest BCUT2D eigenvalue weighted by molar-refractivity contribution is -0.383. The molecule has 0 saturated heterocycles. The summed E-state index contributed by atoms with van der Waals surface area (Å²) >= 11 is 5.79. The maximum Gasteiger partial charge on any atom is 0.294 e. The molecule has 0 fully saturated rings. The van der Waals surface area contributed by atoms with Crippen LogP contribution in [0.5, 0.6) is 0 Å². The molecular formula is C11H11ClN6O3. The summed E-state index contributed by atoms with van der Waals surface area (Å²) in [6, 6.07) is 2.34. The van der Waals surface area contributed by atoms with Gasteiger partial charge in [0.15, 0.2) is 5.82 Å². The summed E-state index contributed by atoms with van der Waals surface area (Å²) in [4.78, 5) is 26.1. The minimum atomic E-state index is -0.696. The number of anilines is 1. The number of amides is 1. The Hall–Kier alpha value is -2.68. The quantitative estimate of drug-likeness (QED) is 0.490. The van der Waals surface area contributed by atoms with Gasteiger partial charge >= 0.3 is 0 Å². The van der Waals surface area contributed by atoms with Crippen molar-refractivity contribution in [3.8, 4) is 0 Å². The largest absolute Gasteiger partial charge is 0.392 e. The fourth-order valence-corrected chi connectivity index (χ4v) is 1.83. The molecule has 2 aromatic rings. The van der Waals surface area contributed by atoms with E-state index in [0.29, 0.717) is 5.82 Å². The molecule has 0 aliphatic heterocycles. The predicted octanol–water partition coefficient (Wildman–Crippen LogP) is 0.889. The van der Waals surface area contributed by atoms with Gasteiger partial charge in [-0.15, -0.1) is 0 Å². The first-order valence-electron chi connectivity index (χ1n) is 5.74. The van der Waals surface area contributed by atoms with Gasteiger partial charge in [-0.1, -0.05) is 11.6 Å². The second kappa shape index (κ2) is 5.75. The molecule has 0 atom stereocenters. The monoisotopic (exact) mass is 310 g/mol. The highest BCUT2D eigenvalue weighted by molar-refractivity contribution is 6.34. The fourth-order valence-electron chi connectivity index (χ4n) is 1.61. The third-order valence-electron chi connectivity index (χ3n) is 2.62. The number of nitro groups is 1. The van der Waals surface area contributed by atoms with Gasteiger partial charge in [0.25, 0.3) is 11.6 Å². The minimum Gasteiger partial charge on any atom is -0.392 e. The Balaban J connectivity index is 2.17. The first kappa shape index (κ1) is 14.7. The van der Waals surface area contributed by atoms with Crippen LogP contribution in [0.3, 0.4) is 0 Å². The van der Waals surface area contributed by atoms with Crippen molar-refractivity contribution in [1.29, 1.82) is 0 Å². The Labute approximate surface area is 123 Å². The fraction of sp³-hybridized carbons (Fsp3) is 0.182. The van der Waals surface area contributed by atoms with E-state index in [2.05, 4.69) is 15.4 Å². The molecule has 0 spiro atoms. The summed E-state index contributed by atoms with van der Waals surface area (Å²) in [5, 5.41) is 17.3. The zero-order valence-electron chi connectivity index (χ0n) is 10.9. The number of halogens is 1. The molecule has 9 nitrogen and oxygen atoms in total. The van der Waals surface area contributed by atoms with Crippen molar-refractivity contribution in [2.24, 2.45) is 7.05 Å². The standard InChI is InChI=1S/C11H11ClN6O3/c1-17-5-15-9(16-17)4-14-11(19)6-2-7(12)10(13)8(3-6)18(20)21/h2-3,5H,4,13H2,1H3,(H,14,19). The third-order valence-corrected chi connectivity index (χ3v) is 2.93. The highest BCUT2D eigenvalue weighted by atomic mass is 35.5. The molecular weight excluding hydrogens is 300 g/mol. The average molecular weight is 311 g/mol. The Morgan fingerprint density at radius 2 is 2.29 bits per heavy atom. The molecule has 1 amide bonds. The number of aryl methyl sites for hydroxylation is 1. The topological polar surface area (TPSA) is 129 Å². The molecule has 1 heterocycles. The number of hydrogen-bond donors (Lipinski definition) is 2. The van der Waals surface area contributed by atoms with Gasteiger partial charge in [0.1, 0.15) is 12.0 Å². The van der Waals surface area contributed by atoms with Gasteiger partial charge in [-0.3, -0.25) is 19.6 Å². The Kier molecular flexibility index (Phi) is 4.03. The smallest absolute Gasteiger partial charge is 0.294 e. The Morgan fingerprint density at radius 3 is 2.86 bits per heavy atom. The number of nitro benzene ring substituents is 1. The molecule has 1 aromatic carbocycles. The second-order valence-corrected chi connectivity index (χ2v) is 4.57. The van der Waals surface area contributed by atoms with Crippen molar-refractivity contribution in [2.45, 2.75) is 6.54 Å². The normalized spacial score (nSPS) is 10.4. The van der Waals surface area contributed by atoms with Crippen molar-refractivity contribution in [2.75, 3.05) is 5.73 Å². The molecule has 10 heteroatoms. The number of carbonyl (C=O) groups is 1. The maximum atomic E-state index is 12.0. The number of hydrogen-bond acceptors (Lipinski definition) is 6. The predicted molar refractivity (Wildman–Crippen MR) is 74.7 cm³/mol. The number of aromatic nitrogens is 3. The van der Waals surface area contributed by atoms with E-state index in [-0.39, 0.29) is 22.8 Å². The average Bonchev–Trinajstić information content (AvgIpc) is 2.84. The number of carbonyl (C=O) groups excluding carboxylic acids is 1. The summed E-state index contributed by atoms with van der Waals surface area (Å²) in [6.45, 7) is 0.0927. The minimum absolute atomic E-state index is 0.0387. The first-order chi connectivity index (χ1) is 9.88. The Bertz CT molecular complexity index is 714. The van der Waals surface area contributed by atoms with Gasteiger partial charge in [-0.25, -0.2) is 4.98 Å². The second-order valence-electron chi connectivity index (χ2n) is 4.17. The molecule has 0 bridgehead atoms. The lowest BCUT2D eigenvalue weighted by Crippen LogP contribution is -2.23. The third kappa shape index (κ3) is 3.26. The van der Waals surface area contributed by atoms with E-state index in [1.54, 1.807) is 7.05 Å². The van der Waals surface area contributed by atoms with Gasteiger partial charge in [0, 0.05) is 18.7 Å². The number of nitrogen functional groups attached to an aromatic ring is 1. The first-order valence-corrected chi connectivity index (χ1v) is 6.12. The lowest BCUT2D eigenvalue weighted by Gasteiger charge is -2.05.